The molecule has 12 nitrogen and oxygen atoms in total. The molecular formula is C33H36N2O10. The van der Waals surface area contributed by atoms with Crippen LogP contribution in [0.15, 0.2) is 48.5 Å². The van der Waals surface area contributed by atoms with Gasteiger partial charge in [-0.3, -0.25) is 9.59 Å². The molecule has 0 saturated heterocycles. The minimum Gasteiger partial charge on any atom is -0.508 e. The number of hydrogen-bond donors (Lipinski definition) is 8. The summed E-state index contributed by atoms with van der Waals surface area (Å²) in [6.07, 6.45) is 0.162. The van der Waals surface area contributed by atoms with E-state index >= 15 is 0 Å². The standard InChI is InChI=1S/C33H36N2O10/c36-16-5-1-14(2-6-16)9-20(30(40)41)34-22(38)12-32(44)26-18-11-19-25-24(18)28(32)29(25)33(45,27(19)26)13-23(39)35-21(31(42)43)10-15-3-7-17(37)8-4-15/h1-8,18-21,24-29,36-37,44-45H,9-13H2,(H,34,38)(H,35,39)(H,40,41)(H,42,43)/t18?,19?,20-,21-,24?,25?,26?,27?,28?,29?,32?,33?/m0/s1. The van der Waals surface area contributed by atoms with Crippen molar-refractivity contribution in [2.45, 2.75) is 55.4 Å². The molecule has 7 rings (SSSR count). The summed E-state index contributed by atoms with van der Waals surface area (Å²) in [7, 11) is 0. The molecule has 2 aromatic carbocycles. The number of carbonyl (C=O) groups excluding carboxylic acids is 2. The van der Waals surface area contributed by atoms with Gasteiger partial charge in [-0.15, -0.1) is 0 Å². The molecule has 0 radical (unpaired) electrons. The van der Waals surface area contributed by atoms with Crippen molar-refractivity contribution in [1.82, 2.24) is 10.6 Å². The Hall–Kier alpha value is -4.16. The van der Waals surface area contributed by atoms with Crippen LogP contribution in [0.3, 0.4) is 0 Å². The molecule has 0 aliphatic heterocycles. The van der Waals surface area contributed by atoms with Gasteiger partial charge in [0.05, 0.1) is 24.0 Å². The number of carboxylic acids is 2. The Kier molecular flexibility index (Phi) is 6.68. The molecule has 10 unspecified atom stereocenters. The fraction of sp³-hybridized carbons (Fsp3) is 0.515. The molecule has 2 bridgehead atoms. The molecule has 0 heterocycles. The number of aliphatic carboxylic acids is 2. The highest BCUT2D eigenvalue weighted by Gasteiger charge is 2.90. The Morgan fingerprint density at radius 1 is 0.644 bits per heavy atom. The lowest BCUT2D eigenvalue weighted by Gasteiger charge is -2.57. The van der Waals surface area contributed by atoms with E-state index < -0.39 is 70.7 Å². The van der Waals surface area contributed by atoms with Crippen molar-refractivity contribution in [2.75, 3.05) is 0 Å². The van der Waals surface area contributed by atoms with Crippen LogP contribution in [-0.2, 0) is 32.0 Å². The first-order valence-corrected chi connectivity index (χ1v) is 15.4. The van der Waals surface area contributed by atoms with Crippen molar-refractivity contribution in [1.29, 1.82) is 0 Å². The lowest BCUT2D eigenvalue weighted by atomic mass is 9.50. The number of rotatable bonds is 12. The number of benzene rings is 2. The maximum atomic E-state index is 13.3. The van der Waals surface area contributed by atoms with Crippen LogP contribution in [-0.4, -0.2) is 77.7 Å². The Labute approximate surface area is 258 Å². The highest BCUT2D eigenvalue weighted by molar-refractivity contribution is 5.85. The van der Waals surface area contributed by atoms with Gasteiger partial charge >= 0.3 is 11.9 Å². The second-order valence-corrected chi connectivity index (χ2v) is 13.8. The largest absolute Gasteiger partial charge is 0.508 e. The van der Waals surface area contributed by atoms with E-state index in [0.717, 1.165) is 6.42 Å². The first kappa shape index (κ1) is 29.5. The van der Waals surface area contributed by atoms with E-state index in [9.17, 15) is 49.8 Å². The van der Waals surface area contributed by atoms with Gasteiger partial charge in [0.15, 0.2) is 0 Å². The van der Waals surface area contributed by atoms with Crippen molar-refractivity contribution in [2.24, 2.45) is 47.3 Å². The molecule has 2 amide bonds. The summed E-state index contributed by atoms with van der Waals surface area (Å²) in [5.74, 6) is -4.81. The number of nitrogens with one attached hydrogen (secondary N) is 2. The summed E-state index contributed by atoms with van der Waals surface area (Å²) in [5, 5.41) is 67.9. The van der Waals surface area contributed by atoms with Crippen LogP contribution in [0, 0.1) is 47.3 Å². The zero-order chi connectivity index (χ0) is 32.0. The second kappa shape index (κ2) is 10.2. The van der Waals surface area contributed by atoms with Crippen LogP contribution in [0.5, 0.6) is 11.5 Å². The summed E-state index contributed by atoms with van der Waals surface area (Å²) in [6, 6.07) is 9.54. The quantitative estimate of drug-likeness (QED) is 0.166. The van der Waals surface area contributed by atoms with E-state index in [0.29, 0.717) is 11.1 Å². The zero-order valence-electron chi connectivity index (χ0n) is 24.2. The van der Waals surface area contributed by atoms with Gasteiger partial charge in [-0.25, -0.2) is 9.59 Å². The number of fused-ring (bicyclic) bond motifs is 2. The predicted molar refractivity (Wildman–Crippen MR) is 154 cm³/mol. The molecule has 5 fully saturated rings. The van der Waals surface area contributed by atoms with Gasteiger partial charge in [-0.05, 0) is 89.2 Å². The van der Waals surface area contributed by atoms with Crippen LogP contribution < -0.4 is 10.6 Å². The monoisotopic (exact) mass is 620 g/mol. The lowest BCUT2D eigenvalue weighted by molar-refractivity contribution is -0.219. The number of phenols is 2. The maximum absolute atomic E-state index is 13.3. The Balaban J connectivity index is 1.05. The van der Waals surface area contributed by atoms with E-state index in [2.05, 4.69) is 10.6 Å². The number of carbonyl (C=O) groups is 4. The number of aliphatic hydroxyl groups is 2. The van der Waals surface area contributed by atoms with Crippen LogP contribution in [0.2, 0.25) is 0 Å². The van der Waals surface area contributed by atoms with Crippen LogP contribution in [0.4, 0.5) is 0 Å². The molecule has 5 saturated carbocycles. The lowest BCUT2D eigenvalue weighted by Crippen LogP contribution is -2.66. The SMILES string of the molecule is O=C(CC1(O)C2C3CC4C5C3C1C5C(O)(CC(=O)N[C@@H](Cc1ccc(O)cc1)C(=O)O)C42)N[C@@H](Cc1ccc(O)cc1)C(=O)O. The maximum Gasteiger partial charge on any atom is 0.326 e. The second-order valence-electron chi connectivity index (χ2n) is 13.8. The first-order valence-electron chi connectivity index (χ1n) is 15.4. The number of amides is 2. The number of phenolic OH excluding ortho intramolecular Hbond substituents is 2. The molecule has 238 valence electrons. The summed E-state index contributed by atoms with van der Waals surface area (Å²) in [4.78, 5) is 50.5. The fourth-order valence-electron chi connectivity index (χ4n) is 10.6. The third-order valence-electron chi connectivity index (χ3n) is 11.7. The topological polar surface area (TPSA) is 214 Å². The van der Waals surface area contributed by atoms with Crippen LogP contribution >= 0.6 is 0 Å². The van der Waals surface area contributed by atoms with Crippen molar-refractivity contribution in [3.63, 3.8) is 0 Å². The smallest absolute Gasteiger partial charge is 0.326 e. The molecule has 12 atom stereocenters. The van der Waals surface area contributed by atoms with Gasteiger partial charge < -0.3 is 41.3 Å². The molecule has 0 aromatic heterocycles. The molecule has 45 heavy (non-hydrogen) atoms. The average molecular weight is 621 g/mol. The minimum atomic E-state index is -1.44. The molecule has 5 aliphatic carbocycles. The van der Waals surface area contributed by atoms with Gasteiger partial charge in [0.25, 0.3) is 0 Å². The molecule has 12 heteroatoms. The van der Waals surface area contributed by atoms with Crippen LogP contribution in [0.25, 0.3) is 0 Å². The van der Waals surface area contributed by atoms with E-state index in [1.165, 1.54) is 24.3 Å². The van der Waals surface area contributed by atoms with Gasteiger partial charge in [-0.1, -0.05) is 24.3 Å². The fourth-order valence-corrected chi connectivity index (χ4v) is 10.6. The van der Waals surface area contributed by atoms with E-state index in [1.807, 2.05) is 0 Å². The summed E-state index contributed by atoms with van der Waals surface area (Å²) >= 11 is 0. The highest BCUT2D eigenvalue weighted by atomic mass is 16.4. The van der Waals surface area contributed by atoms with Crippen molar-refractivity contribution in [3.05, 3.63) is 59.7 Å². The van der Waals surface area contributed by atoms with Crippen molar-refractivity contribution >= 4 is 23.8 Å². The Morgan fingerprint density at radius 3 is 1.33 bits per heavy atom. The number of aromatic hydroxyl groups is 2. The van der Waals surface area contributed by atoms with Gasteiger partial charge in [0, 0.05) is 12.8 Å². The average Bonchev–Trinajstić information content (AvgIpc) is 3.49. The number of carboxylic acid groups (broad SMARTS) is 2. The third kappa shape index (κ3) is 4.40. The van der Waals surface area contributed by atoms with Gasteiger partial charge in [0.2, 0.25) is 11.8 Å². The minimum absolute atomic E-state index is 0.00771. The summed E-state index contributed by atoms with van der Waals surface area (Å²) < 4.78 is 0. The normalized spacial score (nSPS) is 37.2. The molecule has 0 spiro atoms. The van der Waals surface area contributed by atoms with Gasteiger partial charge in [0.1, 0.15) is 23.6 Å². The highest BCUT2D eigenvalue weighted by Crippen LogP contribution is 2.88. The summed E-state index contributed by atoms with van der Waals surface area (Å²) in [5.41, 5.74) is -1.67. The van der Waals surface area contributed by atoms with E-state index in [1.54, 1.807) is 24.3 Å². The molecule has 5 aliphatic rings. The Bertz CT molecular complexity index is 1440. The van der Waals surface area contributed by atoms with E-state index in [-0.39, 0.29) is 60.9 Å². The van der Waals surface area contributed by atoms with Crippen molar-refractivity contribution < 1.29 is 49.8 Å². The first-order chi connectivity index (χ1) is 21.3. The van der Waals surface area contributed by atoms with Crippen LogP contribution in [0.1, 0.15) is 30.4 Å². The zero-order valence-corrected chi connectivity index (χ0v) is 24.2. The molecular weight excluding hydrogens is 584 g/mol. The third-order valence-corrected chi connectivity index (χ3v) is 11.7. The predicted octanol–water partition coefficient (Wildman–Crippen LogP) is 0.652. The number of hydrogen-bond acceptors (Lipinski definition) is 8. The van der Waals surface area contributed by atoms with Gasteiger partial charge in [-0.2, -0.15) is 0 Å². The Morgan fingerprint density at radius 2 is 1.00 bits per heavy atom. The van der Waals surface area contributed by atoms with E-state index in [4.69, 9.17) is 0 Å². The summed E-state index contributed by atoms with van der Waals surface area (Å²) in [6.45, 7) is 0. The van der Waals surface area contributed by atoms with Crippen molar-refractivity contribution in [3.8, 4) is 11.5 Å². The molecule has 8 N–H and O–H groups in total. The molecule has 2 aromatic rings.